The van der Waals surface area contributed by atoms with Gasteiger partial charge in [-0.2, -0.15) is 0 Å². The predicted octanol–water partition coefficient (Wildman–Crippen LogP) is 4.75. The third-order valence-electron chi connectivity index (χ3n) is 5.69. The second kappa shape index (κ2) is 10.2. The van der Waals surface area contributed by atoms with Crippen LogP contribution >= 0.6 is 8.60 Å². The molecule has 1 heterocycles. The van der Waals surface area contributed by atoms with Gasteiger partial charge >= 0.3 is 14.6 Å². The van der Waals surface area contributed by atoms with E-state index in [1.54, 1.807) is 6.07 Å². The number of nitrogens with one attached hydrogen (secondary N) is 1. The Morgan fingerprint density at radius 3 is 2.55 bits per heavy atom. The van der Waals surface area contributed by atoms with Crippen molar-refractivity contribution in [2.75, 3.05) is 20.6 Å². The predicted molar refractivity (Wildman–Crippen MR) is 132 cm³/mol. The summed E-state index contributed by atoms with van der Waals surface area (Å²) in [5.74, 6) is 0.545. The number of likely N-dealkylation sites (N-methyl/N-ethyl adjacent to an activating group) is 1. The van der Waals surface area contributed by atoms with Crippen LogP contribution in [0.4, 0.5) is 0 Å². The van der Waals surface area contributed by atoms with E-state index in [9.17, 15) is 14.6 Å². The van der Waals surface area contributed by atoms with Crippen LogP contribution in [0.3, 0.4) is 0 Å². The van der Waals surface area contributed by atoms with Crippen LogP contribution in [0.1, 0.15) is 42.5 Å². The number of fused-ring (bicyclic) bond motifs is 1. The molecule has 0 unspecified atom stereocenters. The number of carbonyl (C=O) groups is 1. The maximum Gasteiger partial charge on any atom is 0.391 e. The molecule has 8 heteroatoms. The van der Waals surface area contributed by atoms with Crippen LogP contribution in [0.15, 0.2) is 36.5 Å². The zero-order valence-electron chi connectivity index (χ0n) is 20.1. The molecule has 0 spiro atoms. The number of hydrogen-bond acceptors (Lipinski definition) is 6. The summed E-state index contributed by atoms with van der Waals surface area (Å²) in [7, 11) is 1.48. The van der Waals surface area contributed by atoms with E-state index in [1.165, 1.54) is 0 Å². The largest absolute Gasteiger partial charge is 0.427 e. The maximum absolute atomic E-state index is 13.1. The number of aryl methyl sites for hydroxylation is 2. The van der Waals surface area contributed by atoms with Gasteiger partial charge < -0.3 is 28.9 Å². The molecular formula is C25H33N2O5P. The van der Waals surface area contributed by atoms with Gasteiger partial charge in [-0.15, -0.1) is 0 Å². The van der Waals surface area contributed by atoms with Crippen LogP contribution in [-0.4, -0.2) is 46.3 Å². The number of aromatic nitrogens is 1. The highest BCUT2D eigenvalue weighted by atomic mass is 31.2. The van der Waals surface area contributed by atoms with Crippen molar-refractivity contribution in [3.8, 4) is 11.5 Å². The van der Waals surface area contributed by atoms with Crippen molar-refractivity contribution >= 4 is 25.5 Å². The van der Waals surface area contributed by atoms with Crippen molar-refractivity contribution in [1.29, 1.82) is 0 Å². The van der Waals surface area contributed by atoms with E-state index in [0.29, 0.717) is 11.5 Å². The topological polar surface area (TPSA) is 95.0 Å². The molecule has 7 nitrogen and oxygen atoms in total. The smallest absolute Gasteiger partial charge is 0.391 e. The number of esters is 1. The van der Waals surface area contributed by atoms with Crippen LogP contribution in [0.25, 0.3) is 10.9 Å². The SMILES string of the molecule is Cc1cc(C)c(C(C)(C)CC(=O)Oc2cccc3[nH]cc(CCN(C)C)c23)c(OP(O)O)c1. The van der Waals surface area contributed by atoms with Crippen molar-refractivity contribution in [2.24, 2.45) is 0 Å². The van der Waals surface area contributed by atoms with E-state index in [1.807, 2.05) is 72.3 Å². The Morgan fingerprint density at radius 1 is 1.15 bits per heavy atom. The van der Waals surface area contributed by atoms with Gasteiger partial charge in [0.2, 0.25) is 0 Å². The van der Waals surface area contributed by atoms with E-state index >= 15 is 0 Å². The van der Waals surface area contributed by atoms with E-state index in [2.05, 4.69) is 9.88 Å². The molecule has 0 amide bonds. The molecule has 2 aromatic carbocycles. The summed E-state index contributed by atoms with van der Waals surface area (Å²) in [6.07, 6.45) is 2.90. The van der Waals surface area contributed by atoms with Crippen LogP contribution < -0.4 is 9.26 Å². The first-order valence-electron chi connectivity index (χ1n) is 10.9. The lowest BCUT2D eigenvalue weighted by Crippen LogP contribution is -2.26. The Kier molecular flexibility index (Phi) is 7.80. The second-order valence-corrected chi connectivity index (χ2v) is 10.1. The molecule has 178 valence electrons. The van der Waals surface area contributed by atoms with Crippen LogP contribution in [0.5, 0.6) is 11.5 Å². The maximum atomic E-state index is 13.1. The van der Waals surface area contributed by atoms with Gasteiger partial charge in [0.25, 0.3) is 0 Å². The van der Waals surface area contributed by atoms with Crippen LogP contribution in [0.2, 0.25) is 0 Å². The summed E-state index contributed by atoms with van der Waals surface area (Å²) in [6.45, 7) is 8.57. The summed E-state index contributed by atoms with van der Waals surface area (Å²) >= 11 is 0. The lowest BCUT2D eigenvalue weighted by Gasteiger charge is -2.29. The van der Waals surface area contributed by atoms with Gasteiger partial charge in [0, 0.05) is 34.6 Å². The Bertz CT molecular complexity index is 1140. The number of rotatable bonds is 9. The normalized spacial score (nSPS) is 12.1. The molecule has 0 aliphatic carbocycles. The number of H-pyrrole nitrogens is 1. The highest BCUT2D eigenvalue weighted by Crippen LogP contribution is 2.42. The van der Waals surface area contributed by atoms with E-state index < -0.39 is 14.0 Å². The molecule has 1 aromatic heterocycles. The van der Waals surface area contributed by atoms with E-state index in [4.69, 9.17) is 9.26 Å². The molecule has 0 aliphatic heterocycles. The minimum absolute atomic E-state index is 0.0931. The molecule has 0 radical (unpaired) electrons. The third kappa shape index (κ3) is 6.12. The molecule has 3 aromatic rings. The Morgan fingerprint density at radius 2 is 1.88 bits per heavy atom. The van der Waals surface area contributed by atoms with Gasteiger partial charge in [-0.3, -0.25) is 4.79 Å². The Labute approximate surface area is 196 Å². The zero-order valence-corrected chi connectivity index (χ0v) is 21.0. The van der Waals surface area contributed by atoms with Gasteiger partial charge in [-0.1, -0.05) is 26.0 Å². The highest BCUT2D eigenvalue weighted by Gasteiger charge is 2.31. The lowest BCUT2D eigenvalue weighted by atomic mass is 9.78. The van der Waals surface area contributed by atoms with Gasteiger partial charge in [0.1, 0.15) is 11.5 Å². The van der Waals surface area contributed by atoms with Crippen molar-refractivity contribution < 1.29 is 23.8 Å². The first kappa shape index (κ1) is 25.2. The molecule has 0 fully saturated rings. The summed E-state index contributed by atoms with van der Waals surface area (Å²) in [5.41, 5.74) is 3.98. The third-order valence-corrected chi connectivity index (χ3v) is 6.05. The van der Waals surface area contributed by atoms with Crippen LogP contribution in [0, 0.1) is 13.8 Å². The molecule has 33 heavy (non-hydrogen) atoms. The monoisotopic (exact) mass is 472 g/mol. The number of aromatic amines is 1. The molecule has 0 saturated carbocycles. The molecule has 0 atom stereocenters. The van der Waals surface area contributed by atoms with Crippen molar-refractivity contribution in [3.63, 3.8) is 0 Å². The first-order chi connectivity index (χ1) is 15.5. The number of hydrogen-bond donors (Lipinski definition) is 3. The number of nitrogens with zero attached hydrogens (tertiary/aromatic N) is 1. The van der Waals surface area contributed by atoms with Crippen molar-refractivity contribution in [3.05, 3.63) is 58.8 Å². The standard InChI is InChI=1S/C25H33N2O5P/c1-16-12-17(2)24(21(13-16)32-33(29)30)25(3,4)14-22(28)31-20-9-7-8-19-23(20)18(15-26-19)10-11-27(5)6/h7-9,12-13,15,26,29-30H,10-11,14H2,1-6H3. The number of ether oxygens (including phenoxy) is 1. The fourth-order valence-corrected chi connectivity index (χ4v) is 4.73. The molecule has 0 aliphatic rings. The minimum Gasteiger partial charge on any atom is -0.427 e. The van der Waals surface area contributed by atoms with E-state index in [0.717, 1.165) is 46.1 Å². The average Bonchev–Trinajstić information content (AvgIpc) is 3.08. The molecular weight excluding hydrogens is 439 g/mol. The average molecular weight is 473 g/mol. The minimum atomic E-state index is -2.57. The quantitative estimate of drug-likeness (QED) is 0.236. The number of carbonyl (C=O) groups excluding carboxylic acids is 1. The summed E-state index contributed by atoms with van der Waals surface area (Å²) in [6, 6.07) is 9.40. The molecule has 3 rings (SSSR count). The molecule has 3 N–H and O–H groups in total. The second-order valence-electron chi connectivity index (χ2n) is 9.38. The zero-order chi connectivity index (χ0) is 24.3. The Balaban J connectivity index is 1.87. The van der Waals surface area contributed by atoms with Gasteiger partial charge in [-0.05, 0) is 69.3 Å². The van der Waals surface area contributed by atoms with Gasteiger partial charge in [-0.25, -0.2) is 0 Å². The van der Waals surface area contributed by atoms with E-state index in [-0.39, 0.29) is 12.4 Å². The summed E-state index contributed by atoms with van der Waals surface area (Å²) in [5, 5.41) is 0.923. The highest BCUT2D eigenvalue weighted by molar-refractivity contribution is 7.39. The molecule has 0 bridgehead atoms. The lowest BCUT2D eigenvalue weighted by molar-refractivity contribution is -0.135. The van der Waals surface area contributed by atoms with Crippen molar-refractivity contribution in [1.82, 2.24) is 9.88 Å². The fourth-order valence-electron chi connectivity index (χ4n) is 4.41. The summed E-state index contributed by atoms with van der Waals surface area (Å²) < 4.78 is 11.2. The van der Waals surface area contributed by atoms with Gasteiger partial charge in [0.15, 0.2) is 0 Å². The number of benzene rings is 2. The Hall–Kier alpha value is -2.44. The van der Waals surface area contributed by atoms with Crippen molar-refractivity contribution in [2.45, 2.75) is 46.0 Å². The summed E-state index contributed by atoms with van der Waals surface area (Å²) in [4.78, 5) is 37.3. The van der Waals surface area contributed by atoms with Gasteiger partial charge in [0.05, 0.1) is 6.42 Å². The molecule has 0 saturated heterocycles. The first-order valence-corrected chi connectivity index (χ1v) is 12.1. The van der Waals surface area contributed by atoms with Crippen LogP contribution in [-0.2, 0) is 16.6 Å². The fraction of sp³-hybridized carbons (Fsp3) is 0.400.